The fourth-order valence-electron chi connectivity index (χ4n) is 3.85. The molecule has 0 saturated heterocycles. The van der Waals surface area contributed by atoms with Gasteiger partial charge < -0.3 is 10.1 Å². The number of halogens is 4. The number of pyridine rings is 1. The standard InChI is InChI=1S/C23H16F4N4O/c24-17-2-4-19(5-3-17)31-21-6-1-16(9-15(21)12-29-31)22(32,23(25,26)27)11-18-10-14-7-8-28-13-20(14)30-18/h1-10,12-13,30,32H,11H2. The van der Waals surface area contributed by atoms with E-state index in [0.717, 1.165) is 0 Å². The molecule has 9 heteroatoms. The summed E-state index contributed by atoms with van der Waals surface area (Å²) >= 11 is 0. The summed E-state index contributed by atoms with van der Waals surface area (Å²) in [4.78, 5) is 6.84. The number of hydrogen-bond acceptors (Lipinski definition) is 3. The number of H-pyrrole nitrogens is 1. The van der Waals surface area contributed by atoms with Crippen molar-refractivity contribution >= 4 is 21.8 Å². The highest BCUT2D eigenvalue weighted by Gasteiger charge is 2.55. The number of aromatic nitrogens is 4. The Morgan fingerprint density at radius 2 is 1.72 bits per heavy atom. The fraction of sp³-hybridized carbons (Fsp3) is 0.130. The maximum atomic E-state index is 14.1. The zero-order valence-corrected chi connectivity index (χ0v) is 16.4. The van der Waals surface area contributed by atoms with E-state index < -0.39 is 24.0 Å². The van der Waals surface area contributed by atoms with E-state index in [1.165, 1.54) is 59.5 Å². The van der Waals surface area contributed by atoms with Gasteiger partial charge in [0.05, 0.1) is 29.1 Å². The van der Waals surface area contributed by atoms with Crippen molar-refractivity contribution < 1.29 is 22.7 Å². The van der Waals surface area contributed by atoms with Crippen molar-refractivity contribution in [1.82, 2.24) is 19.7 Å². The number of alkyl halides is 3. The van der Waals surface area contributed by atoms with Crippen LogP contribution < -0.4 is 0 Å². The first-order valence-corrected chi connectivity index (χ1v) is 9.69. The molecule has 5 nitrogen and oxygen atoms in total. The summed E-state index contributed by atoms with van der Waals surface area (Å²) in [6, 6.07) is 12.8. The summed E-state index contributed by atoms with van der Waals surface area (Å²) in [5, 5.41) is 16.2. The normalized spacial score (nSPS) is 14.2. The van der Waals surface area contributed by atoms with Crippen LogP contribution in [0.2, 0.25) is 0 Å². The SMILES string of the molecule is OC(Cc1cc2ccncc2[nH]1)(c1ccc2c(cnn2-c2ccc(F)cc2)c1)C(F)(F)F. The molecule has 0 amide bonds. The van der Waals surface area contributed by atoms with E-state index in [4.69, 9.17) is 0 Å². The topological polar surface area (TPSA) is 66.7 Å². The lowest BCUT2D eigenvalue weighted by Crippen LogP contribution is -2.44. The van der Waals surface area contributed by atoms with Gasteiger partial charge in [-0.3, -0.25) is 4.98 Å². The highest BCUT2D eigenvalue weighted by Crippen LogP contribution is 2.42. The zero-order chi connectivity index (χ0) is 22.5. The molecular weight excluding hydrogens is 424 g/mol. The second kappa shape index (κ2) is 7.16. The highest BCUT2D eigenvalue weighted by molar-refractivity contribution is 5.81. The highest BCUT2D eigenvalue weighted by atomic mass is 19.4. The summed E-state index contributed by atoms with van der Waals surface area (Å²) in [6.07, 6.45) is -1.15. The van der Waals surface area contributed by atoms with Crippen molar-refractivity contribution in [3.8, 4) is 5.69 Å². The van der Waals surface area contributed by atoms with Gasteiger partial charge in [0.1, 0.15) is 5.82 Å². The molecule has 32 heavy (non-hydrogen) atoms. The number of nitrogens with one attached hydrogen (secondary N) is 1. The van der Waals surface area contributed by atoms with Gasteiger partial charge in [0, 0.05) is 29.1 Å². The van der Waals surface area contributed by atoms with Gasteiger partial charge in [0.15, 0.2) is 5.60 Å². The van der Waals surface area contributed by atoms with E-state index in [1.54, 1.807) is 18.3 Å². The Bertz CT molecular complexity index is 1390. The van der Waals surface area contributed by atoms with Crippen LogP contribution in [0.1, 0.15) is 11.3 Å². The molecule has 0 saturated carbocycles. The minimum absolute atomic E-state index is 0.231. The molecular formula is C23H16F4N4O. The maximum Gasteiger partial charge on any atom is 0.421 e. The van der Waals surface area contributed by atoms with Gasteiger partial charge >= 0.3 is 6.18 Å². The summed E-state index contributed by atoms with van der Waals surface area (Å²) < 4.78 is 57.0. The Hall–Kier alpha value is -3.72. The predicted molar refractivity (Wildman–Crippen MR) is 111 cm³/mol. The van der Waals surface area contributed by atoms with Crippen molar-refractivity contribution in [3.63, 3.8) is 0 Å². The molecule has 0 aliphatic heterocycles. The number of nitrogens with zero attached hydrogens (tertiary/aromatic N) is 3. The Morgan fingerprint density at radius 3 is 2.44 bits per heavy atom. The van der Waals surface area contributed by atoms with E-state index in [1.807, 2.05) is 0 Å². The molecule has 0 fully saturated rings. The van der Waals surface area contributed by atoms with Crippen LogP contribution in [0.3, 0.4) is 0 Å². The molecule has 1 unspecified atom stereocenters. The molecule has 0 spiro atoms. The lowest BCUT2D eigenvalue weighted by atomic mass is 9.87. The number of aromatic amines is 1. The summed E-state index contributed by atoms with van der Waals surface area (Å²) in [6.45, 7) is 0. The largest absolute Gasteiger partial charge is 0.421 e. The molecule has 3 aromatic heterocycles. The van der Waals surface area contributed by atoms with Gasteiger partial charge in [-0.2, -0.15) is 18.3 Å². The molecule has 5 aromatic rings. The summed E-state index contributed by atoms with van der Waals surface area (Å²) in [7, 11) is 0. The van der Waals surface area contributed by atoms with Crippen molar-refractivity contribution in [2.45, 2.75) is 18.2 Å². The first-order chi connectivity index (χ1) is 15.2. The quantitative estimate of drug-likeness (QED) is 0.385. The molecule has 5 rings (SSSR count). The number of fused-ring (bicyclic) bond motifs is 2. The maximum absolute atomic E-state index is 14.1. The Morgan fingerprint density at radius 1 is 0.938 bits per heavy atom. The Labute approximate surface area is 178 Å². The first-order valence-electron chi connectivity index (χ1n) is 9.69. The molecule has 162 valence electrons. The molecule has 0 bridgehead atoms. The van der Waals surface area contributed by atoms with E-state index in [2.05, 4.69) is 15.1 Å². The molecule has 0 aliphatic rings. The number of benzene rings is 2. The Balaban J connectivity index is 1.57. The van der Waals surface area contributed by atoms with Gasteiger partial charge in [-0.05, 0) is 54.1 Å². The van der Waals surface area contributed by atoms with Crippen LogP contribution in [0.15, 0.2) is 73.2 Å². The zero-order valence-electron chi connectivity index (χ0n) is 16.4. The summed E-state index contributed by atoms with van der Waals surface area (Å²) in [5.41, 5.74) is -1.51. The third-order valence-electron chi connectivity index (χ3n) is 5.51. The predicted octanol–water partition coefficient (Wildman–Crippen LogP) is 5.03. The first kappa shape index (κ1) is 20.2. The van der Waals surface area contributed by atoms with Gasteiger partial charge in [-0.15, -0.1) is 0 Å². The van der Waals surface area contributed by atoms with E-state index in [0.29, 0.717) is 27.5 Å². The van der Waals surface area contributed by atoms with Crippen LogP contribution in [0, 0.1) is 5.82 Å². The van der Waals surface area contributed by atoms with Crippen LogP contribution in [0.25, 0.3) is 27.5 Å². The van der Waals surface area contributed by atoms with Crippen LogP contribution in [-0.2, 0) is 12.0 Å². The number of aliphatic hydroxyl groups is 1. The molecule has 1 atom stereocenters. The third-order valence-corrected chi connectivity index (χ3v) is 5.51. The third kappa shape index (κ3) is 3.31. The average molecular weight is 440 g/mol. The second-order valence-corrected chi connectivity index (χ2v) is 7.60. The second-order valence-electron chi connectivity index (χ2n) is 7.60. The van der Waals surface area contributed by atoms with Crippen LogP contribution in [-0.4, -0.2) is 31.0 Å². The number of rotatable bonds is 4. The monoisotopic (exact) mass is 440 g/mol. The van der Waals surface area contributed by atoms with Gasteiger partial charge in [0.25, 0.3) is 0 Å². The minimum Gasteiger partial charge on any atom is -0.376 e. The average Bonchev–Trinajstić information content (AvgIpc) is 3.36. The minimum atomic E-state index is -4.93. The van der Waals surface area contributed by atoms with Crippen LogP contribution in [0.5, 0.6) is 0 Å². The van der Waals surface area contributed by atoms with E-state index in [-0.39, 0.29) is 11.3 Å². The van der Waals surface area contributed by atoms with Crippen molar-refractivity contribution in [3.05, 3.63) is 90.3 Å². The van der Waals surface area contributed by atoms with Gasteiger partial charge in [0.2, 0.25) is 0 Å². The molecule has 3 heterocycles. The van der Waals surface area contributed by atoms with E-state index in [9.17, 15) is 22.7 Å². The van der Waals surface area contributed by atoms with Gasteiger partial charge in [-0.1, -0.05) is 6.07 Å². The molecule has 0 aliphatic carbocycles. The molecule has 2 aromatic carbocycles. The Kier molecular flexibility index (Phi) is 4.52. The van der Waals surface area contributed by atoms with Crippen LogP contribution >= 0.6 is 0 Å². The van der Waals surface area contributed by atoms with E-state index >= 15 is 0 Å². The summed E-state index contributed by atoms with van der Waals surface area (Å²) in [5.74, 6) is -0.407. The van der Waals surface area contributed by atoms with Crippen molar-refractivity contribution in [1.29, 1.82) is 0 Å². The number of hydrogen-bond donors (Lipinski definition) is 2. The molecule has 2 N–H and O–H groups in total. The van der Waals surface area contributed by atoms with Crippen LogP contribution in [0.4, 0.5) is 17.6 Å². The lowest BCUT2D eigenvalue weighted by molar-refractivity contribution is -0.266. The van der Waals surface area contributed by atoms with Crippen molar-refractivity contribution in [2.24, 2.45) is 0 Å². The lowest BCUT2D eigenvalue weighted by Gasteiger charge is -2.30. The smallest absolute Gasteiger partial charge is 0.376 e. The van der Waals surface area contributed by atoms with Crippen molar-refractivity contribution in [2.75, 3.05) is 0 Å². The van der Waals surface area contributed by atoms with Gasteiger partial charge in [-0.25, -0.2) is 9.07 Å². The molecule has 0 radical (unpaired) electrons. The fourth-order valence-corrected chi connectivity index (χ4v) is 3.85.